The minimum Gasteiger partial charge on any atom is -0.384 e. The van der Waals surface area contributed by atoms with Crippen molar-refractivity contribution in [2.75, 3.05) is 18.9 Å². The third-order valence-corrected chi connectivity index (χ3v) is 6.41. The van der Waals surface area contributed by atoms with Crippen LogP contribution in [0.4, 0.5) is 0 Å². The Morgan fingerprint density at radius 1 is 1.43 bits per heavy atom. The van der Waals surface area contributed by atoms with Crippen molar-refractivity contribution in [2.45, 2.75) is 29.4 Å². The number of benzene rings is 1. The molecular formula is C15H19NO3S2. The number of sulfonamides is 1. The summed E-state index contributed by atoms with van der Waals surface area (Å²) in [5, 5.41) is 8.76. The van der Waals surface area contributed by atoms with Crippen LogP contribution in [-0.4, -0.2) is 37.2 Å². The van der Waals surface area contributed by atoms with Crippen LogP contribution in [0, 0.1) is 11.8 Å². The molecule has 1 aliphatic heterocycles. The highest BCUT2D eigenvalue weighted by Gasteiger charge is 2.31. The molecule has 1 fully saturated rings. The Kier molecular flexibility index (Phi) is 5.33. The van der Waals surface area contributed by atoms with E-state index in [-0.39, 0.29) is 16.2 Å². The van der Waals surface area contributed by atoms with Gasteiger partial charge in [0.25, 0.3) is 0 Å². The van der Waals surface area contributed by atoms with Crippen LogP contribution in [0.1, 0.15) is 25.3 Å². The van der Waals surface area contributed by atoms with Crippen LogP contribution in [0.5, 0.6) is 0 Å². The smallest absolute Gasteiger partial charge is 0.241 e. The van der Waals surface area contributed by atoms with Gasteiger partial charge in [-0.15, -0.1) is 0 Å². The molecule has 1 atom stereocenters. The van der Waals surface area contributed by atoms with E-state index >= 15 is 0 Å². The molecule has 0 bridgehead atoms. The summed E-state index contributed by atoms with van der Waals surface area (Å²) >= 11 is 1.81. The third-order valence-electron chi connectivity index (χ3n) is 3.42. The lowest BCUT2D eigenvalue weighted by Gasteiger charge is -2.23. The Hall–Kier alpha value is -1.00. The maximum Gasteiger partial charge on any atom is 0.241 e. The predicted octanol–water partition coefficient (Wildman–Crippen LogP) is 1.59. The maximum absolute atomic E-state index is 12.5. The van der Waals surface area contributed by atoms with Gasteiger partial charge >= 0.3 is 0 Å². The zero-order chi connectivity index (χ0) is 15.3. The van der Waals surface area contributed by atoms with E-state index in [4.69, 9.17) is 5.11 Å². The first-order valence-corrected chi connectivity index (χ1v) is 9.26. The molecule has 0 radical (unpaired) electrons. The van der Waals surface area contributed by atoms with Crippen LogP contribution in [-0.2, 0) is 10.0 Å². The fraction of sp³-hybridized carbons (Fsp3) is 0.467. The van der Waals surface area contributed by atoms with Crippen molar-refractivity contribution in [1.82, 2.24) is 4.72 Å². The van der Waals surface area contributed by atoms with Crippen LogP contribution in [0.2, 0.25) is 0 Å². The summed E-state index contributed by atoms with van der Waals surface area (Å²) in [6.45, 7) is 2.21. The maximum atomic E-state index is 12.5. The van der Waals surface area contributed by atoms with Crippen LogP contribution in [0.15, 0.2) is 29.2 Å². The van der Waals surface area contributed by atoms with E-state index in [1.54, 1.807) is 18.2 Å². The minimum absolute atomic E-state index is 0.0290. The summed E-state index contributed by atoms with van der Waals surface area (Å²) in [6, 6.07) is 6.58. The Morgan fingerprint density at radius 2 is 2.19 bits per heavy atom. The molecule has 1 heterocycles. The lowest BCUT2D eigenvalue weighted by Crippen LogP contribution is -2.37. The molecule has 1 aromatic carbocycles. The summed E-state index contributed by atoms with van der Waals surface area (Å²) in [7, 11) is -3.59. The van der Waals surface area contributed by atoms with Crippen molar-refractivity contribution in [1.29, 1.82) is 0 Å². The van der Waals surface area contributed by atoms with Crippen LogP contribution in [0.25, 0.3) is 0 Å². The molecule has 6 heteroatoms. The average molecular weight is 325 g/mol. The molecule has 1 unspecified atom stereocenters. The molecule has 0 aromatic heterocycles. The van der Waals surface area contributed by atoms with Crippen molar-refractivity contribution in [2.24, 2.45) is 0 Å². The first-order valence-electron chi connectivity index (χ1n) is 6.79. The summed E-state index contributed by atoms with van der Waals surface area (Å²) in [6.07, 6.45) is 2.15. The van der Waals surface area contributed by atoms with Gasteiger partial charge in [0.1, 0.15) is 6.61 Å². The first kappa shape index (κ1) is 16.4. The molecule has 21 heavy (non-hydrogen) atoms. The van der Waals surface area contributed by atoms with Crippen LogP contribution < -0.4 is 4.72 Å². The summed E-state index contributed by atoms with van der Waals surface area (Å²) < 4.78 is 27.6. The van der Waals surface area contributed by atoms with Crippen molar-refractivity contribution >= 4 is 21.8 Å². The fourth-order valence-corrected chi connectivity index (χ4v) is 4.91. The largest absolute Gasteiger partial charge is 0.384 e. The molecule has 114 valence electrons. The molecule has 2 N–H and O–H groups in total. The van der Waals surface area contributed by atoms with Gasteiger partial charge in [0.2, 0.25) is 10.0 Å². The molecule has 0 aliphatic carbocycles. The van der Waals surface area contributed by atoms with E-state index in [9.17, 15) is 8.42 Å². The second kappa shape index (κ2) is 6.84. The highest BCUT2D eigenvalue weighted by atomic mass is 32.2. The van der Waals surface area contributed by atoms with Gasteiger partial charge in [-0.1, -0.05) is 24.0 Å². The van der Waals surface area contributed by atoms with Crippen molar-refractivity contribution < 1.29 is 13.5 Å². The average Bonchev–Trinajstić information content (AvgIpc) is 2.91. The lowest BCUT2D eigenvalue weighted by atomic mass is 10.1. The zero-order valence-electron chi connectivity index (χ0n) is 11.9. The second-order valence-electron chi connectivity index (χ2n) is 5.18. The Morgan fingerprint density at radius 3 is 2.86 bits per heavy atom. The van der Waals surface area contributed by atoms with Crippen LogP contribution in [0.3, 0.4) is 0 Å². The van der Waals surface area contributed by atoms with E-state index in [2.05, 4.69) is 23.5 Å². The number of hydrogen-bond donors (Lipinski definition) is 2. The topological polar surface area (TPSA) is 66.4 Å². The van der Waals surface area contributed by atoms with Crippen LogP contribution >= 0.6 is 11.8 Å². The van der Waals surface area contributed by atoms with Gasteiger partial charge in [-0.3, -0.25) is 0 Å². The number of rotatable bonds is 4. The molecular weight excluding hydrogens is 306 g/mol. The normalized spacial score (nSPS) is 21.8. The monoisotopic (exact) mass is 325 g/mol. The standard InChI is InChI=1S/C15H19NO3S2/c1-15(9-5-11-20-15)12-16-21(18,19)14-8-3-2-6-13(14)7-4-10-17/h2-3,6,8,16-17H,5,9-12H2,1H3. The third kappa shape index (κ3) is 4.24. The van der Waals surface area contributed by atoms with Crippen molar-refractivity contribution in [3.63, 3.8) is 0 Å². The Labute approximate surface area is 130 Å². The van der Waals surface area contributed by atoms with Gasteiger partial charge in [0.15, 0.2) is 0 Å². The van der Waals surface area contributed by atoms with E-state index in [1.807, 2.05) is 11.8 Å². The van der Waals surface area contributed by atoms with E-state index in [0.29, 0.717) is 12.1 Å². The number of aliphatic hydroxyl groups is 1. The SMILES string of the molecule is CC1(CNS(=O)(=O)c2ccccc2C#CCO)CCCS1. The summed E-state index contributed by atoms with van der Waals surface area (Å²) in [5.41, 5.74) is 0.406. The number of hydrogen-bond acceptors (Lipinski definition) is 4. The molecule has 0 saturated carbocycles. The molecule has 1 aliphatic rings. The number of nitrogens with one attached hydrogen (secondary N) is 1. The Bertz CT molecular complexity index is 653. The quantitative estimate of drug-likeness (QED) is 0.825. The predicted molar refractivity (Wildman–Crippen MR) is 85.7 cm³/mol. The molecule has 2 rings (SSSR count). The molecule has 1 aromatic rings. The Balaban J connectivity index is 2.19. The highest BCUT2D eigenvalue weighted by Crippen LogP contribution is 2.37. The van der Waals surface area contributed by atoms with E-state index in [1.165, 1.54) is 6.07 Å². The van der Waals surface area contributed by atoms with Gasteiger partial charge in [-0.05, 0) is 37.7 Å². The minimum atomic E-state index is -3.59. The van der Waals surface area contributed by atoms with E-state index in [0.717, 1.165) is 18.6 Å². The van der Waals surface area contributed by atoms with Gasteiger partial charge < -0.3 is 5.11 Å². The first-order chi connectivity index (χ1) is 9.97. The number of thioether (sulfide) groups is 1. The van der Waals surface area contributed by atoms with Gasteiger partial charge in [-0.2, -0.15) is 11.8 Å². The van der Waals surface area contributed by atoms with E-state index < -0.39 is 10.0 Å². The zero-order valence-corrected chi connectivity index (χ0v) is 13.6. The van der Waals surface area contributed by atoms with Gasteiger partial charge in [0.05, 0.1) is 4.90 Å². The molecule has 0 amide bonds. The fourth-order valence-electron chi connectivity index (χ4n) is 2.24. The lowest BCUT2D eigenvalue weighted by molar-refractivity contribution is 0.350. The number of aliphatic hydroxyl groups excluding tert-OH is 1. The summed E-state index contributed by atoms with van der Waals surface area (Å²) in [5.74, 6) is 6.25. The van der Waals surface area contributed by atoms with Gasteiger partial charge in [0, 0.05) is 16.9 Å². The molecule has 4 nitrogen and oxygen atoms in total. The molecule has 0 spiro atoms. The van der Waals surface area contributed by atoms with Crippen molar-refractivity contribution in [3.8, 4) is 11.8 Å². The highest BCUT2D eigenvalue weighted by molar-refractivity contribution is 8.01. The summed E-state index contributed by atoms with van der Waals surface area (Å²) in [4.78, 5) is 0.164. The second-order valence-corrected chi connectivity index (χ2v) is 8.60. The molecule has 1 saturated heterocycles. The van der Waals surface area contributed by atoms with Crippen molar-refractivity contribution in [3.05, 3.63) is 29.8 Å². The van der Waals surface area contributed by atoms with Gasteiger partial charge in [-0.25, -0.2) is 13.1 Å².